The van der Waals surface area contributed by atoms with E-state index in [4.69, 9.17) is 16.6 Å². The summed E-state index contributed by atoms with van der Waals surface area (Å²) < 4.78 is 71.2. The Morgan fingerprint density at radius 2 is 1.58 bits per heavy atom. The molecular formula is C44H47ClN2O6S2. The minimum absolute atomic E-state index is 0.167. The molecule has 2 aliphatic heterocycles. The molecule has 288 valence electrons. The molecule has 0 saturated heterocycles. The molecule has 3 unspecified atom stereocenters. The molecule has 1 aliphatic carbocycles. The highest BCUT2D eigenvalue weighted by Gasteiger charge is 2.46. The van der Waals surface area contributed by atoms with Gasteiger partial charge < -0.3 is 4.90 Å². The number of hydrogen-bond donors (Lipinski definition) is 2. The Balaban J connectivity index is 1.27. The molecule has 0 aromatic heterocycles. The molecule has 4 aromatic carbocycles. The molecule has 8 nitrogen and oxygen atoms in total. The average Bonchev–Trinajstić information content (AvgIpc) is 3.67. The van der Waals surface area contributed by atoms with Gasteiger partial charge in [0.2, 0.25) is 0 Å². The third kappa shape index (κ3) is 7.24. The molecule has 0 fully saturated rings. The number of nitrogens with zero attached hydrogens (tertiary/aromatic N) is 2. The Morgan fingerprint density at radius 1 is 0.927 bits per heavy atom. The maximum Gasteiger partial charge on any atom is 0.286 e. The molecule has 0 saturated carbocycles. The van der Waals surface area contributed by atoms with Crippen LogP contribution in [0.5, 0.6) is 0 Å². The summed E-state index contributed by atoms with van der Waals surface area (Å²) in [6.07, 6.45) is 11.9. The zero-order chi connectivity index (χ0) is 39.5. The van der Waals surface area contributed by atoms with E-state index in [1.165, 1.54) is 0 Å². The third-order valence-corrected chi connectivity index (χ3v) is 14.4. The van der Waals surface area contributed by atoms with Crippen molar-refractivity contribution in [1.29, 1.82) is 0 Å². The average molecular weight is 799 g/mol. The molecule has 11 heteroatoms. The van der Waals surface area contributed by atoms with E-state index in [1.807, 2.05) is 105 Å². The lowest BCUT2D eigenvalue weighted by Crippen LogP contribution is -2.40. The van der Waals surface area contributed by atoms with Crippen molar-refractivity contribution in [2.75, 3.05) is 10.7 Å². The Morgan fingerprint density at radius 3 is 2.25 bits per heavy atom. The summed E-state index contributed by atoms with van der Waals surface area (Å²) in [5.41, 5.74) is 4.77. The molecule has 0 bridgehead atoms. The molecule has 3 atom stereocenters. The summed E-state index contributed by atoms with van der Waals surface area (Å²) in [7, 11) is -8.82. The zero-order valence-electron chi connectivity index (χ0n) is 31.7. The van der Waals surface area contributed by atoms with Crippen molar-refractivity contribution < 1.29 is 25.9 Å². The lowest BCUT2D eigenvalue weighted by atomic mass is 9.67. The van der Waals surface area contributed by atoms with Crippen LogP contribution in [0.3, 0.4) is 0 Å². The van der Waals surface area contributed by atoms with Crippen LogP contribution < -0.4 is 4.90 Å². The topological polar surface area (TPSA) is 124 Å². The van der Waals surface area contributed by atoms with Crippen molar-refractivity contribution in [1.82, 2.24) is 0 Å². The van der Waals surface area contributed by atoms with Gasteiger partial charge in [0.1, 0.15) is 0 Å². The monoisotopic (exact) mass is 798 g/mol. The maximum absolute atomic E-state index is 12.8. The van der Waals surface area contributed by atoms with Gasteiger partial charge in [0.15, 0.2) is 5.37 Å². The number of benzene rings is 4. The van der Waals surface area contributed by atoms with E-state index in [1.54, 1.807) is 11.8 Å². The Hall–Kier alpha value is -4.06. The van der Waals surface area contributed by atoms with Crippen molar-refractivity contribution >= 4 is 71.0 Å². The first-order valence-corrected chi connectivity index (χ1v) is 22.2. The highest BCUT2D eigenvalue weighted by atomic mass is 35.5. The Labute approximate surface area is 329 Å². The third-order valence-electron chi connectivity index (χ3n) is 11.9. The number of aliphatic imine (C=N–C) groups is 1. The van der Waals surface area contributed by atoms with Gasteiger partial charge in [-0.05, 0) is 99.0 Å². The van der Waals surface area contributed by atoms with Crippen LogP contribution in [0.4, 0.5) is 11.4 Å². The second kappa shape index (κ2) is 14.5. The lowest BCUT2D eigenvalue weighted by Gasteiger charge is -2.37. The fraction of sp³-hybridized carbons (Fsp3) is 0.341. The summed E-state index contributed by atoms with van der Waals surface area (Å²) in [5, 5.41) is 3.56. The molecule has 55 heavy (non-hydrogen) atoms. The molecule has 0 amide bonds. The first kappa shape index (κ1) is 39.2. The number of fused-ring (bicyclic) bond motifs is 6. The van der Waals surface area contributed by atoms with Crippen LogP contribution in [0.25, 0.3) is 21.5 Å². The highest BCUT2D eigenvalue weighted by Crippen LogP contribution is 2.53. The molecule has 3 aliphatic rings. The number of halogens is 1. The van der Waals surface area contributed by atoms with Crippen LogP contribution in [0, 0.1) is 11.3 Å². The van der Waals surface area contributed by atoms with Crippen molar-refractivity contribution in [2.45, 2.75) is 77.0 Å². The fourth-order valence-corrected chi connectivity index (χ4v) is 11.1. The fourth-order valence-electron chi connectivity index (χ4n) is 8.91. The minimum atomic E-state index is -4.46. The number of allylic oxidation sites excluding steroid dienone is 8. The predicted octanol–water partition coefficient (Wildman–Crippen LogP) is 10.8. The molecule has 4 aromatic rings. The predicted molar refractivity (Wildman–Crippen MR) is 226 cm³/mol. The van der Waals surface area contributed by atoms with Gasteiger partial charge in [-0.1, -0.05) is 125 Å². The number of hydrogen-bond acceptors (Lipinski definition) is 6. The zero-order valence-corrected chi connectivity index (χ0v) is 34.1. The first-order valence-electron chi connectivity index (χ1n) is 18.7. The SMILES string of the molecule is CCC(N1/C(=C\C=C2\CCCC(/C=C/C(CS(=O)(=O)O)C(C)(C)C3C=Nc4ccc5ccccc5c43)=C2Cl)C(C)(C)c2c1ccc1ccccc21)S(=O)(=O)O. The van der Waals surface area contributed by atoms with Gasteiger partial charge in [0.05, 0.1) is 11.4 Å². The van der Waals surface area contributed by atoms with E-state index in [-0.39, 0.29) is 12.3 Å². The van der Waals surface area contributed by atoms with Crippen molar-refractivity contribution in [3.63, 3.8) is 0 Å². The van der Waals surface area contributed by atoms with Crippen molar-refractivity contribution in [3.8, 4) is 0 Å². The minimum Gasteiger partial charge on any atom is -0.324 e. The van der Waals surface area contributed by atoms with E-state index >= 15 is 0 Å². The van der Waals surface area contributed by atoms with Crippen LogP contribution >= 0.6 is 11.6 Å². The van der Waals surface area contributed by atoms with Crippen LogP contribution in [0.2, 0.25) is 0 Å². The Bertz CT molecular complexity index is 2580. The summed E-state index contributed by atoms with van der Waals surface area (Å²) in [4.78, 5) is 6.47. The summed E-state index contributed by atoms with van der Waals surface area (Å²) in [6.45, 7) is 9.92. The maximum atomic E-state index is 12.8. The van der Waals surface area contributed by atoms with Crippen LogP contribution in [0.15, 0.2) is 124 Å². The summed E-state index contributed by atoms with van der Waals surface area (Å²) in [5.74, 6) is -1.27. The van der Waals surface area contributed by atoms with Gasteiger partial charge in [0, 0.05) is 34.0 Å². The van der Waals surface area contributed by atoms with Crippen molar-refractivity contribution in [2.24, 2.45) is 16.3 Å². The second-order valence-electron chi connectivity index (χ2n) is 16.0. The number of rotatable bonds is 10. The standard InChI is InChI=1S/C44H47ClN2O6S2/c1-6-39(55(51,52)53)47-37-24-20-29-13-8-10-17-34(29)41(37)44(4,5)38(47)25-21-31-15-11-14-30(42(31)45)18-22-32(27-54(48,49)50)43(2,3)35-26-46-36-23-19-28-12-7-9-16-33(28)40(35)36/h7-10,12-13,16-26,32,35,39H,6,11,14-15,27H2,1-5H3,(H,48,49,50)(H,51,52,53)/b22-18+,31-21-,38-25-. The van der Waals surface area contributed by atoms with E-state index in [9.17, 15) is 25.9 Å². The van der Waals surface area contributed by atoms with Gasteiger partial charge in [0.25, 0.3) is 20.2 Å². The van der Waals surface area contributed by atoms with Gasteiger partial charge in [-0.2, -0.15) is 16.8 Å². The van der Waals surface area contributed by atoms with Crippen molar-refractivity contribution in [3.05, 3.63) is 130 Å². The van der Waals surface area contributed by atoms with Crippen LogP contribution in [0.1, 0.15) is 77.3 Å². The van der Waals surface area contributed by atoms with Gasteiger partial charge in [-0.3, -0.25) is 14.1 Å². The smallest absolute Gasteiger partial charge is 0.286 e. The van der Waals surface area contributed by atoms with Gasteiger partial charge >= 0.3 is 0 Å². The summed E-state index contributed by atoms with van der Waals surface area (Å²) >= 11 is 7.15. The molecule has 2 N–H and O–H groups in total. The van der Waals surface area contributed by atoms with Gasteiger partial charge in [-0.25, -0.2) is 0 Å². The van der Waals surface area contributed by atoms with Crippen LogP contribution in [-0.4, -0.2) is 43.3 Å². The molecule has 0 spiro atoms. The van der Waals surface area contributed by atoms with Gasteiger partial charge in [-0.15, -0.1) is 0 Å². The second-order valence-corrected chi connectivity index (χ2v) is 19.5. The molecule has 7 rings (SSSR count). The Kier molecular flexibility index (Phi) is 10.3. The normalized spacial score (nSPS) is 21.3. The number of anilines is 1. The van der Waals surface area contributed by atoms with Crippen LogP contribution in [-0.2, 0) is 25.7 Å². The van der Waals surface area contributed by atoms with E-state index in [0.717, 1.165) is 67.3 Å². The quantitative estimate of drug-likeness (QED) is 0.153. The largest absolute Gasteiger partial charge is 0.324 e. The van der Waals surface area contributed by atoms with E-state index in [0.29, 0.717) is 17.9 Å². The van der Waals surface area contributed by atoms with E-state index in [2.05, 4.69) is 26.0 Å². The summed E-state index contributed by atoms with van der Waals surface area (Å²) in [6, 6.07) is 24.0. The molecular weight excluding hydrogens is 752 g/mol. The highest BCUT2D eigenvalue weighted by molar-refractivity contribution is 7.86. The first-order chi connectivity index (χ1) is 25.9. The molecule has 0 radical (unpaired) electrons. The van der Waals surface area contributed by atoms with E-state index < -0.39 is 48.1 Å². The molecule has 2 heterocycles. The lowest BCUT2D eigenvalue weighted by molar-refractivity contribution is 0.260.